The van der Waals surface area contributed by atoms with Gasteiger partial charge in [0.25, 0.3) is 0 Å². The van der Waals surface area contributed by atoms with Crippen LogP contribution in [0.2, 0.25) is 0 Å². The van der Waals surface area contributed by atoms with E-state index >= 15 is 0 Å². The van der Waals surface area contributed by atoms with E-state index in [9.17, 15) is 5.11 Å². The molecule has 0 fully saturated rings. The molecule has 0 radical (unpaired) electrons. The van der Waals surface area contributed by atoms with Crippen LogP contribution in [-0.2, 0) is 31.9 Å². The Morgan fingerprint density at radius 1 is 0.963 bits per heavy atom. The summed E-state index contributed by atoms with van der Waals surface area (Å²) < 4.78 is 21.3. The fourth-order valence-electron chi connectivity index (χ4n) is 2.71. The average Bonchev–Trinajstić information content (AvgIpc) is 2.62. The number of hydrogen-bond acceptors (Lipinski definition) is 6. The summed E-state index contributed by atoms with van der Waals surface area (Å²) in [5.41, 5.74) is 3.14. The summed E-state index contributed by atoms with van der Waals surface area (Å²) in [5, 5.41) is 9.59. The number of ether oxygens (including phenoxy) is 3. The Labute approximate surface area is 166 Å². The van der Waals surface area contributed by atoms with Crippen molar-refractivity contribution in [2.45, 2.75) is 34.0 Å². The van der Waals surface area contributed by atoms with E-state index in [0.29, 0.717) is 39.6 Å². The molecule has 0 saturated heterocycles. The van der Waals surface area contributed by atoms with Gasteiger partial charge in [0.05, 0.1) is 46.2 Å². The first kappa shape index (κ1) is 24.3. The van der Waals surface area contributed by atoms with Crippen LogP contribution in [0.3, 0.4) is 0 Å². The molecule has 156 valence electrons. The molecule has 6 nitrogen and oxygen atoms in total. The molecular weight excluding hydrogens is 365 g/mol. The SMILES string of the molecule is COCCOCCOCCN(CC(C)(C)C)c1cc(CO)cc(COP)c1. The van der Waals surface area contributed by atoms with Gasteiger partial charge < -0.3 is 28.7 Å². The summed E-state index contributed by atoms with van der Waals surface area (Å²) in [6, 6.07) is 6.12. The van der Waals surface area contributed by atoms with E-state index < -0.39 is 0 Å². The number of rotatable bonds is 14. The molecule has 1 rings (SSSR count). The van der Waals surface area contributed by atoms with Crippen LogP contribution in [0.1, 0.15) is 31.9 Å². The van der Waals surface area contributed by atoms with E-state index in [1.807, 2.05) is 12.1 Å². The number of aliphatic hydroxyl groups is 1. The highest BCUT2D eigenvalue weighted by molar-refractivity contribution is 7.09. The first-order chi connectivity index (χ1) is 12.9. The minimum Gasteiger partial charge on any atom is -0.392 e. The molecule has 0 aliphatic heterocycles. The molecule has 1 unspecified atom stereocenters. The minimum atomic E-state index is 0.0103. The van der Waals surface area contributed by atoms with E-state index in [0.717, 1.165) is 29.9 Å². The summed E-state index contributed by atoms with van der Waals surface area (Å²) in [6.45, 7) is 11.7. The number of aliphatic hydroxyl groups excluding tert-OH is 1. The van der Waals surface area contributed by atoms with E-state index in [4.69, 9.17) is 18.7 Å². The number of nitrogens with zero attached hydrogens (tertiary/aromatic N) is 1. The maximum atomic E-state index is 9.59. The second-order valence-corrected chi connectivity index (χ2v) is 8.01. The summed E-state index contributed by atoms with van der Waals surface area (Å²) >= 11 is 0. The van der Waals surface area contributed by atoms with Crippen molar-refractivity contribution < 1.29 is 23.8 Å². The number of benzene rings is 1. The Balaban J connectivity index is 2.67. The second-order valence-electron chi connectivity index (χ2n) is 7.68. The fraction of sp³-hybridized carbons (Fsp3) is 0.700. The normalized spacial score (nSPS) is 11.8. The van der Waals surface area contributed by atoms with Crippen molar-refractivity contribution >= 4 is 15.2 Å². The molecule has 1 N–H and O–H groups in total. The predicted molar refractivity (Wildman–Crippen MR) is 112 cm³/mol. The number of hydrogen-bond donors (Lipinski definition) is 1. The summed E-state index contributed by atoms with van der Waals surface area (Å²) in [7, 11) is 3.93. The Bertz CT molecular complexity index is 522. The number of methoxy groups -OCH3 is 1. The fourth-order valence-corrected chi connectivity index (χ4v) is 2.90. The zero-order chi connectivity index (χ0) is 20.1. The van der Waals surface area contributed by atoms with Crippen LogP contribution in [-0.4, -0.2) is 58.3 Å². The Morgan fingerprint density at radius 3 is 2.19 bits per heavy atom. The lowest BCUT2D eigenvalue weighted by Gasteiger charge is -2.32. The first-order valence-corrected chi connectivity index (χ1v) is 9.81. The lowest BCUT2D eigenvalue weighted by Crippen LogP contribution is -2.35. The molecule has 7 heteroatoms. The van der Waals surface area contributed by atoms with Crippen LogP contribution < -0.4 is 4.90 Å². The van der Waals surface area contributed by atoms with Gasteiger partial charge in [-0.25, -0.2) is 0 Å². The third kappa shape index (κ3) is 11.0. The lowest BCUT2D eigenvalue weighted by molar-refractivity contribution is 0.0263. The van der Waals surface area contributed by atoms with Crippen molar-refractivity contribution in [2.75, 3.05) is 58.1 Å². The van der Waals surface area contributed by atoms with Crippen molar-refractivity contribution in [3.63, 3.8) is 0 Å². The lowest BCUT2D eigenvalue weighted by atomic mass is 9.95. The van der Waals surface area contributed by atoms with Gasteiger partial charge >= 0.3 is 0 Å². The molecule has 27 heavy (non-hydrogen) atoms. The summed E-state index contributed by atoms with van der Waals surface area (Å²) in [6.07, 6.45) is 0. The molecule has 1 atom stereocenters. The molecule has 0 aliphatic rings. The Kier molecular flexibility index (Phi) is 12.1. The number of anilines is 1. The highest BCUT2D eigenvalue weighted by Gasteiger charge is 2.18. The highest BCUT2D eigenvalue weighted by atomic mass is 31.0. The molecule has 0 spiro atoms. The minimum absolute atomic E-state index is 0.0103. The van der Waals surface area contributed by atoms with Crippen LogP contribution in [0, 0.1) is 5.41 Å². The van der Waals surface area contributed by atoms with E-state index in [-0.39, 0.29) is 12.0 Å². The van der Waals surface area contributed by atoms with E-state index in [1.54, 1.807) is 7.11 Å². The van der Waals surface area contributed by atoms with Crippen molar-refractivity contribution in [2.24, 2.45) is 5.41 Å². The van der Waals surface area contributed by atoms with Crippen molar-refractivity contribution in [3.05, 3.63) is 29.3 Å². The smallest absolute Gasteiger partial charge is 0.0753 e. The van der Waals surface area contributed by atoms with Crippen LogP contribution in [0.25, 0.3) is 0 Å². The zero-order valence-electron chi connectivity index (χ0n) is 17.2. The molecule has 0 amide bonds. The van der Waals surface area contributed by atoms with Gasteiger partial charge in [0.15, 0.2) is 0 Å². The zero-order valence-corrected chi connectivity index (χ0v) is 18.4. The van der Waals surface area contributed by atoms with Gasteiger partial charge in [0.1, 0.15) is 0 Å². The molecule has 0 aliphatic carbocycles. The van der Waals surface area contributed by atoms with Gasteiger partial charge in [0.2, 0.25) is 0 Å². The van der Waals surface area contributed by atoms with E-state index in [2.05, 4.69) is 41.2 Å². The maximum Gasteiger partial charge on any atom is 0.0753 e. The van der Waals surface area contributed by atoms with Crippen LogP contribution in [0.4, 0.5) is 5.69 Å². The standard InChI is InChI=1S/C20H36NO5P/c1-20(2,3)16-21(5-6-24-9-10-25-8-7-23-4)19-12-17(14-22)11-18(13-19)15-26-27/h11-13,22H,5-10,14-16,27H2,1-4H3. The summed E-state index contributed by atoms with van der Waals surface area (Å²) in [4.78, 5) is 2.30. The Morgan fingerprint density at radius 2 is 1.59 bits per heavy atom. The van der Waals surface area contributed by atoms with Crippen LogP contribution >= 0.6 is 9.47 Å². The molecule has 0 bridgehead atoms. The monoisotopic (exact) mass is 401 g/mol. The predicted octanol–water partition coefficient (Wildman–Crippen LogP) is 3.02. The quantitative estimate of drug-likeness (QED) is 0.382. The van der Waals surface area contributed by atoms with Gasteiger partial charge in [-0.05, 0) is 28.7 Å². The third-order valence-corrected chi connectivity index (χ3v) is 3.98. The largest absolute Gasteiger partial charge is 0.392 e. The van der Waals surface area contributed by atoms with E-state index in [1.165, 1.54) is 0 Å². The van der Waals surface area contributed by atoms with Crippen molar-refractivity contribution in [1.29, 1.82) is 0 Å². The molecular formula is C20H36NO5P. The van der Waals surface area contributed by atoms with Gasteiger partial charge in [-0.15, -0.1) is 0 Å². The average molecular weight is 401 g/mol. The van der Waals surface area contributed by atoms with Crippen molar-refractivity contribution in [3.8, 4) is 0 Å². The molecule has 1 aromatic rings. The van der Waals surface area contributed by atoms with Gasteiger partial charge in [-0.1, -0.05) is 26.8 Å². The Hall–Kier alpha value is -0.750. The van der Waals surface area contributed by atoms with Gasteiger partial charge in [0, 0.05) is 35.4 Å². The van der Waals surface area contributed by atoms with Gasteiger partial charge in [-0.3, -0.25) is 0 Å². The first-order valence-electron chi connectivity index (χ1n) is 9.34. The van der Waals surface area contributed by atoms with Crippen LogP contribution in [0.15, 0.2) is 18.2 Å². The molecule has 1 aromatic carbocycles. The topological polar surface area (TPSA) is 60.4 Å². The molecule has 0 aromatic heterocycles. The van der Waals surface area contributed by atoms with Crippen LogP contribution in [0.5, 0.6) is 0 Å². The maximum absolute atomic E-state index is 9.59. The second kappa shape index (κ2) is 13.4. The molecule has 0 saturated carbocycles. The van der Waals surface area contributed by atoms with Gasteiger partial charge in [-0.2, -0.15) is 0 Å². The molecule has 0 heterocycles. The highest BCUT2D eigenvalue weighted by Crippen LogP contribution is 2.25. The van der Waals surface area contributed by atoms with Crippen molar-refractivity contribution in [1.82, 2.24) is 0 Å². The summed E-state index contributed by atoms with van der Waals surface area (Å²) in [5.74, 6) is 0. The third-order valence-electron chi connectivity index (χ3n) is 3.81.